The molecule has 0 spiro atoms. The topological polar surface area (TPSA) is 62.7 Å². The average molecular weight is 506 g/mol. The Morgan fingerprint density at radius 3 is 2.78 bits per heavy atom. The Morgan fingerprint density at radius 2 is 2.06 bits per heavy atom. The number of Topliss-reactive ketones (excluding diaryl/α,β-unsaturated/α-hetero) is 1. The van der Waals surface area contributed by atoms with Crippen LogP contribution >= 0.6 is 15.9 Å². The lowest BCUT2D eigenvalue weighted by Crippen LogP contribution is -2.42. The molecule has 176 valence electrons. The van der Waals surface area contributed by atoms with Gasteiger partial charge in [-0.2, -0.15) is 0 Å². The predicted octanol–water partition coefficient (Wildman–Crippen LogP) is 4.45. The third-order valence-corrected chi connectivity index (χ3v) is 7.22. The van der Waals surface area contributed by atoms with Crippen molar-refractivity contribution >= 4 is 27.7 Å². The lowest BCUT2D eigenvalue weighted by Gasteiger charge is -2.38. The van der Waals surface area contributed by atoms with Crippen LogP contribution in [0.1, 0.15) is 68.4 Å². The van der Waals surface area contributed by atoms with E-state index in [-0.39, 0.29) is 23.9 Å². The minimum Gasteiger partial charge on any atom is -0.462 e. The number of likely N-dealkylation sites (N-methyl/N-ethyl adjacent to an activating group) is 1. The smallest absolute Gasteiger partial charge is 0.341 e. The summed E-state index contributed by atoms with van der Waals surface area (Å²) in [7, 11) is 0. The van der Waals surface area contributed by atoms with E-state index < -0.39 is 5.97 Å². The third kappa shape index (κ3) is 6.06. The number of aromatic nitrogens is 1. The van der Waals surface area contributed by atoms with Gasteiger partial charge in [0.2, 0.25) is 5.78 Å². The molecule has 0 N–H and O–H groups in total. The van der Waals surface area contributed by atoms with Gasteiger partial charge >= 0.3 is 5.97 Å². The standard InChI is InChI=1S/C25H36BrN3O3/c1-4-28(5-2)13-14-29-12-8-9-18(17-29)20-10-7-11-21(25(31)32-6-3)24(30)22-15-19(26)16-27-23(20)22/h11,15-16,18,20H,4-10,12-14,17H2,1-3H3. The zero-order chi connectivity index (χ0) is 23.1. The van der Waals surface area contributed by atoms with Gasteiger partial charge in [-0.05, 0) is 80.2 Å². The van der Waals surface area contributed by atoms with Gasteiger partial charge in [0.05, 0.1) is 12.3 Å². The van der Waals surface area contributed by atoms with E-state index in [1.165, 1.54) is 6.42 Å². The minimum atomic E-state index is -0.540. The number of halogens is 1. The number of carbonyl (C=O) groups is 2. The number of rotatable bonds is 8. The summed E-state index contributed by atoms with van der Waals surface area (Å²) in [5.41, 5.74) is 1.50. The number of piperidine rings is 1. The van der Waals surface area contributed by atoms with Gasteiger partial charge in [0.25, 0.3) is 0 Å². The van der Waals surface area contributed by atoms with Crippen LogP contribution in [-0.2, 0) is 9.53 Å². The molecule has 3 rings (SSSR count). The predicted molar refractivity (Wildman–Crippen MR) is 130 cm³/mol. The second-order valence-electron chi connectivity index (χ2n) is 8.67. The number of hydrogen-bond acceptors (Lipinski definition) is 6. The van der Waals surface area contributed by atoms with Crippen molar-refractivity contribution in [2.24, 2.45) is 5.92 Å². The first-order valence-electron chi connectivity index (χ1n) is 12.0. The van der Waals surface area contributed by atoms with Crippen LogP contribution in [0.15, 0.2) is 28.4 Å². The van der Waals surface area contributed by atoms with E-state index in [2.05, 4.69) is 39.6 Å². The number of ether oxygens (including phenoxy) is 1. The molecule has 0 saturated carbocycles. The van der Waals surface area contributed by atoms with E-state index in [1.807, 2.05) is 6.07 Å². The summed E-state index contributed by atoms with van der Waals surface area (Å²) in [6.45, 7) is 12.9. The van der Waals surface area contributed by atoms with E-state index in [9.17, 15) is 9.59 Å². The molecule has 0 aromatic carbocycles. The van der Waals surface area contributed by atoms with Crippen molar-refractivity contribution in [3.63, 3.8) is 0 Å². The highest BCUT2D eigenvalue weighted by Crippen LogP contribution is 2.38. The molecule has 32 heavy (non-hydrogen) atoms. The molecule has 2 aliphatic rings. The van der Waals surface area contributed by atoms with Gasteiger partial charge in [0.1, 0.15) is 5.57 Å². The molecule has 1 saturated heterocycles. The van der Waals surface area contributed by atoms with Gasteiger partial charge in [-0.25, -0.2) is 4.79 Å². The number of hydrogen-bond donors (Lipinski definition) is 0. The molecule has 0 amide bonds. The Bertz CT molecular complexity index is 838. The summed E-state index contributed by atoms with van der Waals surface area (Å²) in [6.07, 6.45) is 7.42. The van der Waals surface area contributed by atoms with Crippen molar-refractivity contribution in [3.8, 4) is 0 Å². The maximum absolute atomic E-state index is 13.3. The van der Waals surface area contributed by atoms with E-state index in [1.54, 1.807) is 19.2 Å². The van der Waals surface area contributed by atoms with E-state index in [0.717, 1.165) is 62.3 Å². The fourth-order valence-corrected chi connectivity index (χ4v) is 5.33. The average Bonchev–Trinajstić information content (AvgIpc) is 2.79. The molecule has 1 aliphatic carbocycles. The summed E-state index contributed by atoms with van der Waals surface area (Å²) in [5, 5.41) is 0. The first-order chi connectivity index (χ1) is 15.5. The number of allylic oxidation sites excluding steroid dienone is 1. The van der Waals surface area contributed by atoms with Gasteiger partial charge in [0, 0.05) is 41.8 Å². The Hall–Kier alpha value is -1.57. The number of fused-ring (bicyclic) bond motifs is 1. The number of carbonyl (C=O) groups excluding carboxylic acids is 2. The molecule has 1 fully saturated rings. The van der Waals surface area contributed by atoms with Crippen LogP contribution in [-0.4, -0.2) is 72.4 Å². The lowest BCUT2D eigenvalue weighted by atomic mass is 9.77. The highest BCUT2D eigenvalue weighted by atomic mass is 79.9. The molecular weight excluding hydrogens is 470 g/mol. The second kappa shape index (κ2) is 12.1. The Morgan fingerprint density at radius 1 is 1.28 bits per heavy atom. The summed E-state index contributed by atoms with van der Waals surface area (Å²) >= 11 is 3.46. The summed E-state index contributed by atoms with van der Waals surface area (Å²) in [4.78, 5) is 35.5. The fraction of sp³-hybridized carbons (Fsp3) is 0.640. The molecule has 1 aromatic rings. The van der Waals surface area contributed by atoms with Gasteiger partial charge in [0.15, 0.2) is 0 Å². The van der Waals surface area contributed by atoms with Crippen LogP contribution in [0.4, 0.5) is 0 Å². The van der Waals surface area contributed by atoms with Crippen LogP contribution in [0.2, 0.25) is 0 Å². The second-order valence-corrected chi connectivity index (χ2v) is 9.58. The summed E-state index contributed by atoms with van der Waals surface area (Å²) in [6, 6.07) is 1.82. The van der Waals surface area contributed by atoms with E-state index >= 15 is 0 Å². The highest BCUT2D eigenvalue weighted by Gasteiger charge is 2.34. The molecule has 1 aromatic heterocycles. The van der Waals surface area contributed by atoms with Crippen LogP contribution in [0.5, 0.6) is 0 Å². The highest BCUT2D eigenvalue weighted by molar-refractivity contribution is 9.10. The van der Waals surface area contributed by atoms with E-state index in [0.29, 0.717) is 17.9 Å². The van der Waals surface area contributed by atoms with Crippen LogP contribution < -0.4 is 0 Å². The Labute approximate surface area is 200 Å². The number of nitrogens with zero attached hydrogens (tertiary/aromatic N) is 3. The Kier molecular flexibility index (Phi) is 9.44. The number of likely N-dealkylation sites (tertiary alicyclic amines) is 1. The van der Waals surface area contributed by atoms with Crippen LogP contribution in [0.3, 0.4) is 0 Å². The molecule has 7 heteroatoms. The molecule has 2 unspecified atom stereocenters. The van der Waals surface area contributed by atoms with Crippen molar-refractivity contribution in [2.45, 2.75) is 52.4 Å². The Balaban J connectivity index is 1.83. The first kappa shape index (κ1) is 25.1. The van der Waals surface area contributed by atoms with Crippen molar-refractivity contribution in [2.75, 3.05) is 45.9 Å². The van der Waals surface area contributed by atoms with Crippen molar-refractivity contribution in [3.05, 3.63) is 39.6 Å². The SMILES string of the molecule is CCOC(=O)C1=CCCC(C2CCCN(CCN(CC)CC)C2)c2ncc(Br)cc2C1=O. The van der Waals surface area contributed by atoms with Gasteiger partial charge in [-0.1, -0.05) is 19.9 Å². The molecule has 6 nitrogen and oxygen atoms in total. The molecule has 2 heterocycles. The van der Waals surface area contributed by atoms with Crippen LogP contribution in [0.25, 0.3) is 0 Å². The van der Waals surface area contributed by atoms with Gasteiger partial charge in [-0.3, -0.25) is 9.78 Å². The monoisotopic (exact) mass is 505 g/mol. The molecule has 0 bridgehead atoms. The molecule has 1 aliphatic heterocycles. The number of esters is 1. The normalized spacial score (nSPS) is 22.2. The first-order valence-corrected chi connectivity index (χ1v) is 12.8. The number of ketones is 1. The van der Waals surface area contributed by atoms with E-state index in [4.69, 9.17) is 9.72 Å². The van der Waals surface area contributed by atoms with Crippen molar-refractivity contribution < 1.29 is 14.3 Å². The summed E-state index contributed by atoms with van der Waals surface area (Å²) < 4.78 is 5.89. The lowest BCUT2D eigenvalue weighted by molar-refractivity contribution is -0.138. The quantitative estimate of drug-likeness (QED) is 0.384. The van der Waals surface area contributed by atoms with Crippen molar-refractivity contribution in [1.29, 1.82) is 0 Å². The minimum absolute atomic E-state index is 0.135. The zero-order valence-corrected chi connectivity index (χ0v) is 21.2. The maximum atomic E-state index is 13.3. The maximum Gasteiger partial charge on any atom is 0.341 e. The molecule has 0 radical (unpaired) electrons. The zero-order valence-electron chi connectivity index (χ0n) is 19.6. The van der Waals surface area contributed by atoms with Crippen LogP contribution in [0, 0.1) is 5.92 Å². The number of pyridine rings is 1. The largest absolute Gasteiger partial charge is 0.462 e. The molecular formula is C25H36BrN3O3. The van der Waals surface area contributed by atoms with Gasteiger partial charge < -0.3 is 14.5 Å². The van der Waals surface area contributed by atoms with Gasteiger partial charge in [-0.15, -0.1) is 0 Å². The fourth-order valence-electron chi connectivity index (χ4n) is 5.00. The van der Waals surface area contributed by atoms with Crippen molar-refractivity contribution in [1.82, 2.24) is 14.8 Å². The third-order valence-electron chi connectivity index (χ3n) is 6.78. The molecule has 2 atom stereocenters. The summed E-state index contributed by atoms with van der Waals surface area (Å²) in [5.74, 6) is -0.148.